The van der Waals surface area contributed by atoms with Crippen molar-refractivity contribution in [2.24, 2.45) is 5.73 Å². The van der Waals surface area contributed by atoms with Crippen molar-refractivity contribution in [3.63, 3.8) is 0 Å². The molecule has 0 aromatic heterocycles. The van der Waals surface area contributed by atoms with Gasteiger partial charge in [-0.25, -0.2) is 0 Å². The molecule has 2 rings (SSSR count). The smallest absolute Gasteiger partial charge is 0.119 e. The second-order valence-corrected chi connectivity index (χ2v) is 3.74. The van der Waals surface area contributed by atoms with Crippen molar-refractivity contribution in [2.45, 2.75) is 5.92 Å². The van der Waals surface area contributed by atoms with Crippen LogP contribution in [-0.4, -0.2) is 27.2 Å². The van der Waals surface area contributed by atoms with E-state index in [0.717, 1.165) is 12.3 Å². The van der Waals surface area contributed by atoms with Gasteiger partial charge in [-0.1, -0.05) is 0 Å². The lowest BCUT2D eigenvalue weighted by Crippen LogP contribution is -2.20. The van der Waals surface area contributed by atoms with Crippen LogP contribution in [0, 0.1) is 0 Å². The summed E-state index contributed by atoms with van der Waals surface area (Å²) in [7, 11) is 3.79. The van der Waals surface area contributed by atoms with E-state index in [2.05, 4.69) is 24.1 Å². The zero-order chi connectivity index (χ0) is 10.1. The summed E-state index contributed by atoms with van der Waals surface area (Å²) in [6, 6.07) is 6.19. The van der Waals surface area contributed by atoms with Gasteiger partial charge in [0.15, 0.2) is 0 Å². The van der Waals surface area contributed by atoms with Gasteiger partial charge in [0, 0.05) is 31.7 Å². The molecule has 0 bridgehead atoms. The van der Waals surface area contributed by atoms with E-state index < -0.39 is 0 Å². The summed E-state index contributed by atoms with van der Waals surface area (Å²) in [6.45, 7) is 1.71. The van der Waals surface area contributed by atoms with Crippen LogP contribution in [0.1, 0.15) is 11.5 Å². The van der Waals surface area contributed by atoms with Crippen LogP contribution in [-0.2, 0) is 0 Å². The van der Waals surface area contributed by atoms with Crippen LogP contribution in [0.15, 0.2) is 18.2 Å². The monoisotopic (exact) mass is 192 g/mol. The first-order valence-electron chi connectivity index (χ1n) is 4.85. The van der Waals surface area contributed by atoms with Crippen molar-refractivity contribution in [3.8, 4) is 5.75 Å². The number of hydrogen-bond acceptors (Lipinski definition) is 3. The maximum absolute atomic E-state index is 5.73. The topological polar surface area (TPSA) is 38.5 Å². The molecule has 1 aliphatic heterocycles. The van der Waals surface area contributed by atoms with Crippen molar-refractivity contribution in [1.29, 1.82) is 0 Å². The SMILES string of the molecule is COc1ccc2c(c1)C(CN)CN2C. The van der Waals surface area contributed by atoms with E-state index in [-0.39, 0.29) is 0 Å². The second kappa shape index (κ2) is 3.50. The predicted octanol–water partition coefficient (Wildman–Crippen LogP) is 1.19. The third-order valence-corrected chi connectivity index (χ3v) is 2.86. The molecule has 0 aliphatic carbocycles. The number of ether oxygens (including phenoxy) is 1. The Balaban J connectivity index is 2.42. The summed E-state index contributed by atoms with van der Waals surface area (Å²) < 4.78 is 5.21. The van der Waals surface area contributed by atoms with Crippen molar-refractivity contribution < 1.29 is 4.74 Å². The van der Waals surface area contributed by atoms with Gasteiger partial charge in [-0.05, 0) is 23.8 Å². The average Bonchev–Trinajstić information content (AvgIpc) is 2.55. The highest BCUT2D eigenvalue weighted by molar-refractivity contribution is 5.61. The number of benzene rings is 1. The number of fused-ring (bicyclic) bond motifs is 1. The first kappa shape index (κ1) is 9.34. The number of nitrogens with zero attached hydrogens (tertiary/aromatic N) is 1. The maximum atomic E-state index is 5.73. The Bertz CT molecular complexity index is 338. The minimum absolute atomic E-state index is 0.449. The molecule has 0 spiro atoms. The highest BCUT2D eigenvalue weighted by Gasteiger charge is 2.25. The summed E-state index contributed by atoms with van der Waals surface area (Å²) in [4.78, 5) is 2.24. The van der Waals surface area contributed by atoms with E-state index in [0.29, 0.717) is 12.5 Å². The van der Waals surface area contributed by atoms with Gasteiger partial charge in [0.2, 0.25) is 0 Å². The summed E-state index contributed by atoms with van der Waals surface area (Å²) >= 11 is 0. The lowest BCUT2D eigenvalue weighted by molar-refractivity contribution is 0.414. The number of rotatable bonds is 2. The Kier molecular flexibility index (Phi) is 2.33. The van der Waals surface area contributed by atoms with Gasteiger partial charge in [0.05, 0.1) is 7.11 Å². The highest BCUT2D eigenvalue weighted by Crippen LogP contribution is 2.36. The van der Waals surface area contributed by atoms with E-state index in [4.69, 9.17) is 10.5 Å². The van der Waals surface area contributed by atoms with Crippen molar-refractivity contribution in [3.05, 3.63) is 23.8 Å². The molecule has 14 heavy (non-hydrogen) atoms. The van der Waals surface area contributed by atoms with E-state index in [1.165, 1.54) is 11.3 Å². The molecule has 3 nitrogen and oxygen atoms in total. The summed E-state index contributed by atoms with van der Waals surface area (Å²) in [5.41, 5.74) is 8.33. The van der Waals surface area contributed by atoms with Gasteiger partial charge in [0.1, 0.15) is 5.75 Å². The molecule has 0 saturated heterocycles. The Morgan fingerprint density at radius 3 is 3.00 bits per heavy atom. The molecule has 1 heterocycles. The van der Waals surface area contributed by atoms with Gasteiger partial charge in [-0.3, -0.25) is 0 Å². The molecule has 1 aromatic carbocycles. The predicted molar refractivity (Wildman–Crippen MR) is 58.1 cm³/mol. The van der Waals surface area contributed by atoms with Crippen LogP contribution >= 0.6 is 0 Å². The highest BCUT2D eigenvalue weighted by atomic mass is 16.5. The molecule has 1 unspecified atom stereocenters. The van der Waals surface area contributed by atoms with E-state index >= 15 is 0 Å². The average molecular weight is 192 g/mol. The largest absolute Gasteiger partial charge is 0.497 e. The number of methoxy groups -OCH3 is 1. The van der Waals surface area contributed by atoms with Gasteiger partial charge in [0.25, 0.3) is 0 Å². The molecule has 0 saturated carbocycles. The van der Waals surface area contributed by atoms with Crippen LogP contribution in [0.5, 0.6) is 5.75 Å². The minimum atomic E-state index is 0.449. The molecule has 76 valence electrons. The molecular formula is C11H16N2O. The normalized spacial score (nSPS) is 19.6. The molecular weight excluding hydrogens is 176 g/mol. The van der Waals surface area contributed by atoms with Crippen LogP contribution in [0.2, 0.25) is 0 Å². The van der Waals surface area contributed by atoms with E-state index in [1.54, 1.807) is 7.11 Å². The summed E-state index contributed by atoms with van der Waals surface area (Å²) in [6.07, 6.45) is 0. The molecule has 0 fully saturated rings. The van der Waals surface area contributed by atoms with Crippen molar-refractivity contribution in [2.75, 3.05) is 32.1 Å². The van der Waals surface area contributed by atoms with E-state index in [1.807, 2.05) is 6.07 Å². The van der Waals surface area contributed by atoms with Gasteiger partial charge in [-0.15, -0.1) is 0 Å². The van der Waals surface area contributed by atoms with Crippen molar-refractivity contribution in [1.82, 2.24) is 0 Å². The second-order valence-electron chi connectivity index (χ2n) is 3.74. The summed E-state index contributed by atoms with van der Waals surface area (Å²) in [5.74, 6) is 1.36. The Hall–Kier alpha value is -1.22. The quantitative estimate of drug-likeness (QED) is 0.765. The molecule has 1 atom stereocenters. The van der Waals surface area contributed by atoms with Gasteiger partial charge in [-0.2, -0.15) is 0 Å². The zero-order valence-electron chi connectivity index (χ0n) is 8.66. The van der Waals surface area contributed by atoms with Crippen LogP contribution in [0.25, 0.3) is 0 Å². The molecule has 1 aliphatic rings. The fourth-order valence-corrected chi connectivity index (χ4v) is 2.06. The molecule has 2 N–H and O–H groups in total. The number of likely N-dealkylation sites (N-methyl/N-ethyl adjacent to an activating group) is 1. The molecule has 1 aromatic rings. The maximum Gasteiger partial charge on any atom is 0.119 e. The van der Waals surface area contributed by atoms with Crippen LogP contribution in [0.3, 0.4) is 0 Å². The number of nitrogens with two attached hydrogens (primary N) is 1. The Morgan fingerprint density at radius 2 is 2.36 bits per heavy atom. The standard InChI is InChI=1S/C11H16N2O/c1-13-7-8(6-12)10-5-9(14-2)3-4-11(10)13/h3-5,8H,6-7,12H2,1-2H3. The lowest BCUT2D eigenvalue weighted by atomic mass is 10.0. The molecule has 3 heteroatoms. The van der Waals surface area contributed by atoms with Crippen molar-refractivity contribution >= 4 is 5.69 Å². The molecule has 0 amide bonds. The first-order chi connectivity index (χ1) is 6.76. The lowest BCUT2D eigenvalue weighted by Gasteiger charge is -2.11. The van der Waals surface area contributed by atoms with Gasteiger partial charge < -0.3 is 15.4 Å². The summed E-state index contributed by atoms with van der Waals surface area (Å²) in [5, 5.41) is 0. The molecule has 0 radical (unpaired) electrons. The Morgan fingerprint density at radius 1 is 1.57 bits per heavy atom. The zero-order valence-corrected chi connectivity index (χ0v) is 8.66. The third kappa shape index (κ3) is 1.34. The van der Waals surface area contributed by atoms with E-state index in [9.17, 15) is 0 Å². The minimum Gasteiger partial charge on any atom is -0.497 e. The van der Waals surface area contributed by atoms with Crippen LogP contribution in [0.4, 0.5) is 5.69 Å². The van der Waals surface area contributed by atoms with Gasteiger partial charge >= 0.3 is 0 Å². The fourth-order valence-electron chi connectivity index (χ4n) is 2.06. The van der Waals surface area contributed by atoms with Crippen LogP contribution < -0.4 is 15.4 Å². The fraction of sp³-hybridized carbons (Fsp3) is 0.455. The Labute approximate surface area is 84.5 Å². The first-order valence-corrected chi connectivity index (χ1v) is 4.85. The third-order valence-electron chi connectivity index (χ3n) is 2.86. The number of hydrogen-bond donors (Lipinski definition) is 1. The number of anilines is 1.